The fourth-order valence-corrected chi connectivity index (χ4v) is 5.26. The molecule has 190 valence electrons. The molecule has 1 atom stereocenters. The number of thiazole rings is 1. The molecule has 0 saturated carbocycles. The van der Waals surface area contributed by atoms with Crippen LogP contribution in [0.4, 0.5) is 17.1 Å². The monoisotopic (exact) mass is 497 g/mol. The van der Waals surface area contributed by atoms with Gasteiger partial charge in [-0.25, -0.2) is 4.98 Å². The third-order valence-electron chi connectivity index (χ3n) is 5.90. The Kier molecular flexibility index (Phi) is 8.78. The number of anilines is 3. The van der Waals surface area contributed by atoms with E-state index in [4.69, 9.17) is 4.74 Å². The molecule has 0 spiro atoms. The first kappa shape index (κ1) is 27.0. The van der Waals surface area contributed by atoms with Crippen LogP contribution in [0.15, 0.2) is 36.4 Å². The summed E-state index contributed by atoms with van der Waals surface area (Å²) in [4.78, 5) is 18.8. The second-order valence-corrected chi connectivity index (χ2v) is 11.5. The van der Waals surface area contributed by atoms with Crippen LogP contribution in [0.1, 0.15) is 63.9 Å². The predicted octanol–water partition coefficient (Wildman–Crippen LogP) is 6.64. The molecule has 3 aromatic rings. The average Bonchev–Trinajstić information content (AvgIpc) is 3.14. The lowest BCUT2D eigenvalue weighted by Gasteiger charge is -2.34. The number of carbonyl (C=O) groups is 1. The van der Waals surface area contributed by atoms with Gasteiger partial charge in [0, 0.05) is 18.8 Å². The van der Waals surface area contributed by atoms with Crippen molar-refractivity contribution >= 4 is 44.6 Å². The van der Waals surface area contributed by atoms with Crippen LogP contribution in [-0.2, 0) is 9.53 Å². The van der Waals surface area contributed by atoms with Crippen LogP contribution in [0.2, 0.25) is 0 Å². The van der Waals surface area contributed by atoms with Gasteiger partial charge >= 0.3 is 5.97 Å². The number of aromatic nitrogens is 1. The summed E-state index contributed by atoms with van der Waals surface area (Å²) in [5.41, 5.74) is 4.20. The normalized spacial score (nSPS) is 12.7. The number of esters is 1. The highest BCUT2D eigenvalue weighted by Gasteiger charge is 2.23. The molecule has 2 N–H and O–H groups in total. The van der Waals surface area contributed by atoms with Crippen molar-refractivity contribution in [3.05, 3.63) is 47.0 Å². The van der Waals surface area contributed by atoms with E-state index in [1.165, 1.54) is 7.11 Å². The van der Waals surface area contributed by atoms with Crippen LogP contribution in [0, 0.1) is 12.8 Å². The van der Waals surface area contributed by atoms with E-state index in [1.807, 2.05) is 32.9 Å². The van der Waals surface area contributed by atoms with Gasteiger partial charge in [0.15, 0.2) is 0 Å². The first-order valence-corrected chi connectivity index (χ1v) is 13.1. The Morgan fingerprint density at radius 1 is 1.23 bits per heavy atom. The quantitative estimate of drug-likeness (QED) is 0.289. The van der Waals surface area contributed by atoms with Crippen LogP contribution in [0.25, 0.3) is 10.2 Å². The lowest BCUT2D eigenvalue weighted by molar-refractivity contribution is -0.141. The molecule has 3 rings (SSSR count). The van der Waals surface area contributed by atoms with Crippen molar-refractivity contribution in [1.29, 1.82) is 0 Å². The minimum atomic E-state index is -0.846. The molecule has 0 bridgehead atoms. The van der Waals surface area contributed by atoms with Gasteiger partial charge in [0.25, 0.3) is 0 Å². The number of hydrogen-bond acceptors (Lipinski definition) is 7. The van der Waals surface area contributed by atoms with Gasteiger partial charge in [-0.2, -0.15) is 0 Å². The van der Waals surface area contributed by atoms with E-state index in [-0.39, 0.29) is 11.9 Å². The molecular formula is C28H39N3O3S. The smallest absolute Gasteiger partial charge is 0.306 e. The van der Waals surface area contributed by atoms with Crippen molar-refractivity contribution < 1.29 is 14.6 Å². The third kappa shape index (κ3) is 7.42. The molecule has 0 amide bonds. The predicted molar refractivity (Wildman–Crippen MR) is 147 cm³/mol. The Hall–Kier alpha value is -2.64. The summed E-state index contributed by atoms with van der Waals surface area (Å²) >= 11 is 1.68. The Morgan fingerprint density at radius 2 is 1.97 bits per heavy atom. The number of fused-ring (bicyclic) bond motifs is 1. The van der Waals surface area contributed by atoms with Crippen LogP contribution >= 0.6 is 11.3 Å². The molecule has 0 aliphatic heterocycles. The highest BCUT2D eigenvalue weighted by Crippen LogP contribution is 2.36. The van der Waals surface area contributed by atoms with Gasteiger partial charge in [-0.3, -0.25) is 4.79 Å². The Labute approximate surface area is 213 Å². The van der Waals surface area contributed by atoms with E-state index in [1.54, 1.807) is 11.3 Å². The third-order valence-corrected chi connectivity index (χ3v) is 6.84. The fraction of sp³-hybridized carbons (Fsp3) is 0.500. The Balaban J connectivity index is 2.07. The molecule has 0 radical (unpaired) electrons. The van der Waals surface area contributed by atoms with Crippen molar-refractivity contribution in [2.45, 2.75) is 65.9 Å². The number of aliphatic hydroxyl groups is 1. The lowest BCUT2D eigenvalue weighted by Crippen LogP contribution is -2.40. The summed E-state index contributed by atoms with van der Waals surface area (Å²) in [5.74, 6) is 0.283. The van der Waals surface area contributed by atoms with Crippen LogP contribution in [0.5, 0.6) is 0 Å². The number of nitrogens with one attached hydrogen (secondary N) is 1. The molecule has 1 heterocycles. The second kappa shape index (κ2) is 11.4. The zero-order valence-electron chi connectivity index (χ0n) is 22.0. The topological polar surface area (TPSA) is 74.7 Å². The largest absolute Gasteiger partial charge is 0.469 e. The van der Waals surface area contributed by atoms with Gasteiger partial charge in [0.1, 0.15) is 0 Å². The molecular weight excluding hydrogens is 458 g/mol. The molecule has 35 heavy (non-hydrogen) atoms. The first-order valence-electron chi connectivity index (χ1n) is 12.3. The minimum absolute atomic E-state index is 0.0662. The van der Waals surface area contributed by atoms with Gasteiger partial charge in [-0.05, 0) is 74.9 Å². The van der Waals surface area contributed by atoms with Gasteiger partial charge in [0.2, 0.25) is 0 Å². The van der Waals surface area contributed by atoms with Gasteiger partial charge < -0.3 is 20.1 Å². The summed E-state index contributed by atoms with van der Waals surface area (Å²) in [6.45, 7) is 13.5. The van der Waals surface area contributed by atoms with E-state index in [9.17, 15) is 9.90 Å². The molecule has 1 unspecified atom stereocenters. The number of rotatable bonds is 11. The number of hydrogen-bond donors (Lipinski definition) is 2. The Morgan fingerprint density at radius 3 is 2.60 bits per heavy atom. The molecule has 1 aromatic heterocycles. The van der Waals surface area contributed by atoms with E-state index in [0.717, 1.165) is 50.8 Å². The molecule has 0 aliphatic carbocycles. The Bertz CT molecular complexity index is 1150. The summed E-state index contributed by atoms with van der Waals surface area (Å²) < 4.78 is 6.07. The van der Waals surface area contributed by atoms with E-state index < -0.39 is 5.60 Å². The van der Waals surface area contributed by atoms with Crippen LogP contribution in [-0.4, -0.2) is 41.9 Å². The number of nitrogens with zero attached hydrogens (tertiary/aromatic N) is 2. The number of benzene rings is 2. The van der Waals surface area contributed by atoms with Gasteiger partial charge in [0.05, 0.1) is 45.7 Å². The minimum Gasteiger partial charge on any atom is -0.469 e. The zero-order valence-corrected chi connectivity index (χ0v) is 22.8. The molecule has 0 saturated heterocycles. The van der Waals surface area contributed by atoms with Crippen molar-refractivity contribution in [3.63, 3.8) is 0 Å². The summed E-state index contributed by atoms with van der Waals surface area (Å²) in [6.07, 6.45) is 1.18. The molecule has 0 fully saturated rings. The summed E-state index contributed by atoms with van der Waals surface area (Å²) in [5, 5.41) is 15.3. The zero-order chi connectivity index (χ0) is 25.8. The first-order chi connectivity index (χ1) is 16.5. The van der Waals surface area contributed by atoms with Crippen LogP contribution < -0.4 is 10.2 Å². The maximum absolute atomic E-state index is 12.0. The maximum atomic E-state index is 12.0. The summed E-state index contributed by atoms with van der Waals surface area (Å²) in [7, 11) is 1.43. The van der Waals surface area contributed by atoms with Crippen molar-refractivity contribution in [3.8, 4) is 0 Å². The summed E-state index contributed by atoms with van der Waals surface area (Å²) in [6, 6.07) is 12.6. The second-order valence-electron chi connectivity index (χ2n) is 10.3. The number of methoxy groups -OCH3 is 1. The number of aryl methyl sites for hydroxylation is 1. The highest BCUT2D eigenvalue weighted by molar-refractivity contribution is 7.18. The van der Waals surface area contributed by atoms with Crippen molar-refractivity contribution in [2.24, 2.45) is 5.92 Å². The van der Waals surface area contributed by atoms with E-state index in [2.05, 4.69) is 60.2 Å². The van der Waals surface area contributed by atoms with Crippen LogP contribution in [0.3, 0.4) is 0 Å². The van der Waals surface area contributed by atoms with E-state index in [0.29, 0.717) is 18.9 Å². The average molecular weight is 498 g/mol. The molecule has 2 aromatic carbocycles. The number of carbonyl (C=O) groups excluding carboxylic acids is 1. The van der Waals surface area contributed by atoms with E-state index >= 15 is 0 Å². The molecule has 6 nitrogen and oxygen atoms in total. The van der Waals surface area contributed by atoms with Crippen molar-refractivity contribution in [2.75, 3.05) is 30.4 Å². The molecule has 7 heteroatoms. The van der Waals surface area contributed by atoms with Crippen molar-refractivity contribution in [1.82, 2.24) is 4.98 Å². The lowest BCUT2D eigenvalue weighted by atomic mass is 9.92. The molecule has 0 aliphatic rings. The van der Waals surface area contributed by atoms with Gasteiger partial charge in [-0.15, -0.1) is 11.3 Å². The van der Waals surface area contributed by atoms with Gasteiger partial charge in [-0.1, -0.05) is 26.8 Å². The number of ether oxygens (including phenoxy) is 1. The fourth-order valence-electron chi connectivity index (χ4n) is 4.39. The maximum Gasteiger partial charge on any atom is 0.306 e. The highest BCUT2D eigenvalue weighted by atomic mass is 32.1. The SMILES string of the molecule is CCC(CC(=O)OC)c1ccc(N(CC(C)C)CC(C)(C)O)c(Nc2ccc3nc(C)sc3c2)c1. The standard InChI is InChI=1S/C28H39N3O3S/c1-8-20(14-27(32)34-7)21-9-12-25(31(16-18(2)3)17-28(5,6)33)24(13-21)30-22-10-11-23-26(15-22)35-19(4)29-23/h9-13,15,18,20,30,33H,8,14,16-17H2,1-7H3.